The number of aryl methyl sites for hydroxylation is 2. The highest BCUT2D eigenvalue weighted by Gasteiger charge is 2.01. The molecule has 0 aliphatic heterocycles. The van der Waals surface area contributed by atoms with Crippen molar-refractivity contribution in [2.75, 3.05) is 27.2 Å². The highest BCUT2D eigenvalue weighted by Crippen LogP contribution is 2.03. The lowest BCUT2D eigenvalue weighted by Crippen LogP contribution is -2.26. The molecule has 0 fully saturated rings. The average molecular weight is 196 g/mol. The number of rotatable bonds is 5. The van der Waals surface area contributed by atoms with Gasteiger partial charge in [0.25, 0.3) is 0 Å². The highest BCUT2D eigenvalue weighted by molar-refractivity contribution is 5.14. The molecule has 0 unspecified atom stereocenters. The van der Waals surface area contributed by atoms with E-state index in [1.54, 1.807) is 0 Å². The SMILES string of the molecule is Cc1nn(C)cc1CNCCN(C)C. The number of likely N-dealkylation sites (N-methyl/N-ethyl adjacent to an activating group) is 1. The van der Waals surface area contributed by atoms with E-state index in [4.69, 9.17) is 0 Å². The molecule has 0 amide bonds. The fourth-order valence-corrected chi connectivity index (χ4v) is 1.35. The Hall–Kier alpha value is -0.870. The van der Waals surface area contributed by atoms with Crippen molar-refractivity contribution in [2.45, 2.75) is 13.5 Å². The first-order valence-corrected chi connectivity index (χ1v) is 4.94. The van der Waals surface area contributed by atoms with Crippen molar-refractivity contribution in [3.05, 3.63) is 17.5 Å². The lowest BCUT2D eigenvalue weighted by Gasteiger charge is -2.09. The Bertz CT molecular complexity index is 278. The summed E-state index contributed by atoms with van der Waals surface area (Å²) in [5.74, 6) is 0. The van der Waals surface area contributed by atoms with E-state index in [9.17, 15) is 0 Å². The predicted octanol–water partition coefficient (Wildman–Crippen LogP) is 0.380. The van der Waals surface area contributed by atoms with Gasteiger partial charge in [0, 0.05) is 38.4 Å². The van der Waals surface area contributed by atoms with Crippen molar-refractivity contribution < 1.29 is 0 Å². The Morgan fingerprint density at radius 2 is 2.21 bits per heavy atom. The number of nitrogens with one attached hydrogen (secondary N) is 1. The van der Waals surface area contributed by atoms with Crippen LogP contribution >= 0.6 is 0 Å². The fraction of sp³-hybridized carbons (Fsp3) is 0.700. The Morgan fingerprint density at radius 3 is 2.71 bits per heavy atom. The lowest BCUT2D eigenvalue weighted by atomic mass is 10.2. The standard InChI is InChI=1S/C10H20N4/c1-9-10(8-14(4)12-9)7-11-5-6-13(2)3/h8,11H,5-7H2,1-4H3. The molecule has 0 radical (unpaired) electrons. The van der Waals surface area contributed by atoms with Gasteiger partial charge in [-0.25, -0.2) is 0 Å². The Balaban J connectivity index is 2.28. The van der Waals surface area contributed by atoms with Gasteiger partial charge in [0.15, 0.2) is 0 Å². The Morgan fingerprint density at radius 1 is 1.50 bits per heavy atom. The van der Waals surface area contributed by atoms with Crippen LogP contribution in [0.5, 0.6) is 0 Å². The van der Waals surface area contributed by atoms with Crippen molar-refractivity contribution in [3.8, 4) is 0 Å². The third kappa shape index (κ3) is 3.47. The van der Waals surface area contributed by atoms with Gasteiger partial charge in [-0.1, -0.05) is 0 Å². The fourth-order valence-electron chi connectivity index (χ4n) is 1.35. The first-order valence-electron chi connectivity index (χ1n) is 4.94. The Kier molecular flexibility index (Phi) is 4.10. The zero-order valence-electron chi connectivity index (χ0n) is 9.54. The normalized spacial score (nSPS) is 11.2. The van der Waals surface area contributed by atoms with E-state index < -0.39 is 0 Å². The van der Waals surface area contributed by atoms with Crippen LogP contribution in [0.4, 0.5) is 0 Å². The molecule has 1 heterocycles. The largest absolute Gasteiger partial charge is 0.311 e. The molecule has 0 aromatic carbocycles. The van der Waals surface area contributed by atoms with Crippen LogP contribution in [0, 0.1) is 6.92 Å². The summed E-state index contributed by atoms with van der Waals surface area (Å²) in [4.78, 5) is 2.17. The summed E-state index contributed by atoms with van der Waals surface area (Å²) in [7, 11) is 6.12. The molecule has 0 aliphatic rings. The summed E-state index contributed by atoms with van der Waals surface area (Å²) < 4.78 is 1.86. The second kappa shape index (κ2) is 5.12. The third-order valence-electron chi connectivity index (χ3n) is 2.17. The first-order chi connectivity index (χ1) is 6.59. The molecule has 14 heavy (non-hydrogen) atoms. The zero-order valence-corrected chi connectivity index (χ0v) is 9.54. The molecule has 1 aromatic rings. The average Bonchev–Trinajstić information content (AvgIpc) is 2.39. The molecule has 0 atom stereocenters. The minimum absolute atomic E-state index is 0.910. The summed E-state index contributed by atoms with van der Waals surface area (Å²) in [6.07, 6.45) is 2.07. The summed E-state index contributed by atoms with van der Waals surface area (Å²) >= 11 is 0. The van der Waals surface area contributed by atoms with E-state index in [-0.39, 0.29) is 0 Å². The molecule has 4 heteroatoms. The number of aromatic nitrogens is 2. The third-order valence-corrected chi connectivity index (χ3v) is 2.17. The van der Waals surface area contributed by atoms with Gasteiger partial charge in [-0.2, -0.15) is 5.10 Å². The van der Waals surface area contributed by atoms with Crippen molar-refractivity contribution in [3.63, 3.8) is 0 Å². The minimum Gasteiger partial charge on any atom is -0.311 e. The van der Waals surface area contributed by atoms with Crippen LogP contribution in [0.1, 0.15) is 11.3 Å². The van der Waals surface area contributed by atoms with E-state index >= 15 is 0 Å². The minimum atomic E-state index is 0.910. The summed E-state index contributed by atoms with van der Waals surface area (Å²) in [6.45, 7) is 5.04. The molecule has 0 spiro atoms. The van der Waals surface area contributed by atoms with E-state index in [0.717, 1.165) is 25.3 Å². The predicted molar refractivity (Wildman–Crippen MR) is 58.2 cm³/mol. The van der Waals surface area contributed by atoms with E-state index in [1.165, 1.54) is 5.56 Å². The van der Waals surface area contributed by atoms with Gasteiger partial charge in [0.05, 0.1) is 5.69 Å². The molecule has 0 bridgehead atoms. The summed E-state index contributed by atoms with van der Waals surface area (Å²) in [6, 6.07) is 0. The highest BCUT2D eigenvalue weighted by atomic mass is 15.2. The number of hydrogen-bond acceptors (Lipinski definition) is 3. The van der Waals surface area contributed by atoms with Crippen LogP contribution in [0.25, 0.3) is 0 Å². The van der Waals surface area contributed by atoms with Crippen molar-refractivity contribution in [2.24, 2.45) is 7.05 Å². The van der Waals surface area contributed by atoms with E-state index in [1.807, 2.05) is 18.7 Å². The molecule has 1 aromatic heterocycles. The first kappa shape index (κ1) is 11.2. The van der Waals surface area contributed by atoms with Gasteiger partial charge in [0.1, 0.15) is 0 Å². The quantitative estimate of drug-likeness (QED) is 0.691. The maximum Gasteiger partial charge on any atom is 0.0638 e. The molecule has 0 aliphatic carbocycles. The molecule has 1 rings (SSSR count). The Labute approximate surface area is 85.9 Å². The number of hydrogen-bond donors (Lipinski definition) is 1. The van der Waals surface area contributed by atoms with Crippen LogP contribution in [-0.2, 0) is 13.6 Å². The molecule has 0 saturated heterocycles. The maximum atomic E-state index is 4.29. The van der Waals surface area contributed by atoms with Crippen molar-refractivity contribution >= 4 is 0 Å². The van der Waals surface area contributed by atoms with Crippen LogP contribution in [-0.4, -0.2) is 41.9 Å². The second-order valence-corrected chi connectivity index (χ2v) is 3.89. The summed E-state index contributed by atoms with van der Waals surface area (Å²) in [5.41, 5.74) is 2.40. The molecular weight excluding hydrogens is 176 g/mol. The molecular formula is C10H20N4. The van der Waals surface area contributed by atoms with Crippen LogP contribution in [0.3, 0.4) is 0 Å². The van der Waals surface area contributed by atoms with Gasteiger partial charge in [0.2, 0.25) is 0 Å². The van der Waals surface area contributed by atoms with Gasteiger partial charge in [-0.3, -0.25) is 4.68 Å². The zero-order chi connectivity index (χ0) is 10.6. The van der Waals surface area contributed by atoms with Gasteiger partial charge >= 0.3 is 0 Å². The van der Waals surface area contributed by atoms with E-state index in [2.05, 4.69) is 35.6 Å². The van der Waals surface area contributed by atoms with Crippen LogP contribution < -0.4 is 5.32 Å². The van der Waals surface area contributed by atoms with E-state index in [0.29, 0.717) is 0 Å². The molecule has 1 N–H and O–H groups in total. The van der Waals surface area contributed by atoms with Gasteiger partial charge in [-0.05, 0) is 21.0 Å². The van der Waals surface area contributed by atoms with Crippen LogP contribution in [0.15, 0.2) is 6.20 Å². The van der Waals surface area contributed by atoms with Crippen LogP contribution in [0.2, 0.25) is 0 Å². The smallest absolute Gasteiger partial charge is 0.0638 e. The van der Waals surface area contributed by atoms with Crippen molar-refractivity contribution in [1.29, 1.82) is 0 Å². The molecule has 80 valence electrons. The molecule has 4 nitrogen and oxygen atoms in total. The molecule has 0 saturated carbocycles. The summed E-state index contributed by atoms with van der Waals surface area (Å²) in [5, 5.41) is 7.68. The monoisotopic (exact) mass is 196 g/mol. The second-order valence-electron chi connectivity index (χ2n) is 3.89. The van der Waals surface area contributed by atoms with Gasteiger partial charge in [-0.15, -0.1) is 0 Å². The van der Waals surface area contributed by atoms with Gasteiger partial charge < -0.3 is 10.2 Å². The topological polar surface area (TPSA) is 33.1 Å². The number of nitrogens with zero attached hydrogens (tertiary/aromatic N) is 3. The lowest BCUT2D eigenvalue weighted by molar-refractivity contribution is 0.400. The maximum absolute atomic E-state index is 4.29. The van der Waals surface area contributed by atoms with Crippen molar-refractivity contribution in [1.82, 2.24) is 20.0 Å².